The van der Waals surface area contributed by atoms with Crippen LogP contribution < -0.4 is 5.32 Å². The van der Waals surface area contributed by atoms with E-state index in [1.54, 1.807) is 0 Å². The van der Waals surface area contributed by atoms with Gasteiger partial charge >= 0.3 is 18.2 Å². The van der Waals surface area contributed by atoms with Crippen LogP contribution in [0.4, 0.5) is 26.7 Å². The number of benzene rings is 2. The van der Waals surface area contributed by atoms with Crippen molar-refractivity contribution >= 4 is 6.09 Å². The number of ether oxygens (including phenoxy) is 1. The molecule has 3 rings (SSSR count). The maximum Gasteiger partial charge on any atom is 0.416 e. The normalized spacial score (nSPS) is 19.9. The fraction of sp³-hybridized carbons (Fsp3) is 0.235. The van der Waals surface area contributed by atoms with Gasteiger partial charge in [-0.05, 0) is 28.8 Å². The first-order valence-corrected chi connectivity index (χ1v) is 7.25. The Kier molecular flexibility index (Phi) is 4.14. The smallest absolute Gasteiger partial charge is 0.416 e. The molecule has 1 atom stereocenters. The number of hydrogen-bond acceptors (Lipinski definition) is 2. The SMILES string of the molecule is O=C1N[C@@H](c2ccc(-c3ccc(C(F)(F)F)cc3)cc2)C(F)(F)CO1. The number of alkyl carbamates (subject to hydrolysis) is 1. The van der Waals surface area contributed by atoms with Crippen LogP contribution in [0.15, 0.2) is 48.5 Å². The Morgan fingerprint density at radius 2 is 1.48 bits per heavy atom. The molecular weight excluding hydrogens is 345 g/mol. The topological polar surface area (TPSA) is 38.3 Å². The first-order chi connectivity index (χ1) is 11.7. The van der Waals surface area contributed by atoms with Crippen LogP contribution >= 0.6 is 0 Å². The molecule has 3 nitrogen and oxygen atoms in total. The van der Waals surface area contributed by atoms with Gasteiger partial charge < -0.3 is 10.1 Å². The van der Waals surface area contributed by atoms with Crippen LogP contribution in [0, 0.1) is 0 Å². The molecule has 8 heteroatoms. The molecule has 25 heavy (non-hydrogen) atoms. The van der Waals surface area contributed by atoms with Crippen molar-refractivity contribution in [1.29, 1.82) is 0 Å². The first-order valence-electron chi connectivity index (χ1n) is 7.25. The van der Waals surface area contributed by atoms with E-state index in [9.17, 15) is 26.7 Å². The van der Waals surface area contributed by atoms with Gasteiger partial charge in [0.1, 0.15) is 6.04 Å². The van der Waals surface area contributed by atoms with Crippen LogP contribution in [0.2, 0.25) is 0 Å². The second kappa shape index (κ2) is 6.02. The third kappa shape index (κ3) is 3.57. The summed E-state index contributed by atoms with van der Waals surface area (Å²) < 4.78 is 69.7. The van der Waals surface area contributed by atoms with Gasteiger partial charge in [0, 0.05) is 0 Å². The summed E-state index contributed by atoms with van der Waals surface area (Å²) in [5, 5.41) is 2.07. The summed E-state index contributed by atoms with van der Waals surface area (Å²) >= 11 is 0. The fourth-order valence-electron chi connectivity index (χ4n) is 2.56. The van der Waals surface area contributed by atoms with Gasteiger partial charge in [0.05, 0.1) is 5.56 Å². The predicted octanol–water partition coefficient (Wildman–Crippen LogP) is 4.79. The van der Waals surface area contributed by atoms with E-state index in [4.69, 9.17) is 0 Å². The van der Waals surface area contributed by atoms with Gasteiger partial charge in [-0.2, -0.15) is 13.2 Å². The Bertz CT molecular complexity index is 769. The predicted molar refractivity (Wildman–Crippen MR) is 79.1 cm³/mol. The third-order valence-corrected chi connectivity index (χ3v) is 3.87. The van der Waals surface area contributed by atoms with Gasteiger partial charge in [0.2, 0.25) is 0 Å². The van der Waals surface area contributed by atoms with Crippen molar-refractivity contribution in [2.75, 3.05) is 6.61 Å². The summed E-state index contributed by atoms with van der Waals surface area (Å²) in [5.41, 5.74) is 0.497. The fourth-order valence-corrected chi connectivity index (χ4v) is 2.56. The van der Waals surface area contributed by atoms with Crippen molar-refractivity contribution in [2.45, 2.75) is 18.1 Å². The minimum atomic E-state index is -4.42. The van der Waals surface area contributed by atoms with E-state index in [0.717, 1.165) is 12.1 Å². The maximum absolute atomic E-state index is 13.9. The monoisotopic (exact) mass is 357 g/mol. The lowest BCUT2D eigenvalue weighted by atomic mass is 9.96. The molecule has 132 valence electrons. The number of rotatable bonds is 2. The molecule has 0 spiro atoms. The summed E-state index contributed by atoms with van der Waals surface area (Å²) in [6.07, 6.45) is -5.35. The highest BCUT2D eigenvalue weighted by Gasteiger charge is 2.46. The summed E-state index contributed by atoms with van der Waals surface area (Å²) in [5.74, 6) is -3.26. The molecule has 0 aliphatic carbocycles. The molecule has 1 aliphatic rings. The standard InChI is InChI=1S/C17H12F5NO2/c18-16(19)9-25-15(24)23-14(16)12-3-1-10(2-4-12)11-5-7-13(8-6-11)17(20,21)22/h1-8,14H,9H2,(H,23,24)/t14-/m0/s1. The zero-order valence-corrected chi connectivity index (χ0v) is 12.6. The zero-order chi connectivity index (χ0) is 18.2. The van der Waals surface area contributed by atoms with Crippen molar-refractivity contribution < 1.29 is 31.5 Å². The van der Waals surface area contributed by atoms with Gasteiger partial charge in [-0.3, -0.25) is 0 Å². The molecule has 2 aromatic carbocycles. The van der Waals surface area contributed by atoms with E-state index >= 15 is 0 Å². The molecule has 2 aromatic rings. The molecule has 0 saturated carbocycles. The maximum atomic E-state index is 13.9. The molecule has 0 radical (unpaired) electrons. The number of hydrogen-bond donors (Lipinski definition) is 1. The molecule has 1 fully saturated rings. The molecular formula is C17H12F5NO2. The minimum absolute atomic E-state index is 0.178. The van der Waals surface area contributed by atoms with E-state index in [-0.39, 0.29) is 5.56 Å². The first kappa shape index (κ1) is 17.2. The van der Waals surface area contributed by atoms with Gasteiger partial charge in [-0.1, -0.05) is 36.4 Å². The van der Waals surface area contributed by atoms with Gasteiger partial charge in [0.15, 0.2) is 6.61 Å². The van der Waals surface area contributed by atoms with Crippen molar-refractivity contribution in [2.24, 2.45) is 0 Å². The zero-order valence-electron chi connectivity index (χ0n) is 12.6. The quantitative estimate of drug-likeness (QED) is 0.785. The molecule has 1 aliphatic heterocycles. The highest BCUT2D eigenvalue weighted by atomic mass is 19.4. The van der Waals surface area contributed by atoms with Gasteiger partial charge in [-0.25, -0.2) is 13.6 Å². The Labute approximate surface area is 139 Å². The highest BCUT2D eigenvalue weighted by molar-refractivity contribution is 5.69. The van der Waals surface area contributed by atoms with Crippen molar-refractivity contribution in [3.63, 3.8) is 0 Å². The number of alkyl halides is 5. The average Bonchev–Trinajstić information content (AvgIpc) is 2.57. The summed E-state index contributed by atoms with van der Waals surface area (Å²) in [7, 11) is 0. The van der Waals surface area contributed by atoms with E-state index in [2.05, 4.69) is 10.1 Å². The lowest BCUT2D eigenvalue weighted by Crippen LogP contribution is -2.49. The molecule has 1 saturated heterocycles. The summed E-state index contributed by atoms with van der Waals surface area (Å²) in [6.45, 7) is -1.01. The van der Waals surface area contributed by atoms with Gasteiger partial charge in [0.25, 0.3) is 0 Å². The Balaban J connectivity index is 1.84. The Morgan fingerprint density at radius 3 is 2.00 bits per heavy atom. The number of halogens is 5. The van der Waals surface area contributed by atoms with Crippen LogP contribution in [0.1, 0.15) is 17.2 Å². The Hall–Kier alpha value is -2.64. The Morgan fingerprint density at radius 1 is 0.960 bits per heavy atom. The minimum Gasteiger partial charge on any atom is -0.443 e. The van der Waals surface area contributed by atoms with Crippen LogP contribution in [0.25, 0.3) is 11.1 Å². The molecule has 0 bridgehead atoms. The molecule has 1 N–H and O–H groups in total. The number of carbonyl (C=O) groups is 1. The summed E-state index contributed by atoms with van der Waals surface area (Å²) in [4.78, 5) is 11.2. The van der Waals surface area contributed by atoms with Crippen LogP contribution in [0.3, 0.4) is 0 Å². The van der Waals surface area contributed by atoms with Crippen LogP contribution in [-0.2, 0) is 10.9 Å². The van der Waals surface area contributed by atoms with Crippen molar-refractivity contribution in [1.82, 2.24) is 5.32 Å². The third-order valence-electron chi connectivity index (χ3n) is 3.87. The van der Waals surface area contributed by atoms with Crippen molar-refractivity contribution in [3.05, 3.63) is 59.7 Å². The van der Waals surface area contributed by atoms with E-state index in [1.807, 2.05) is 0 Å². The van der Waals surface area contributed by atoms with Crippen molar-refractivity contribution in [3.8, 4) is 11.1 Å². The number of cyclic esters (lactones) is 1. The lowest BCUT2D eigenvalue weighted by Gasteiger charge is -2.31. The molecule has 0 aromatic heterocycles. The van der Waals surface area contributed by atoms with E-state index in [0.29, 0.717) is 11.1 Å². The second-order valence-electron chi connectivity index (χ2n) is 5.61. The average molecular weight is 357 g/mol. The van der Waals surface area contributed by atoms with Gasteiger partial charge in [-0.15, -0.1) is 0 Å². The summed E-state index contributed by atoms with van der Waals surface area (Å²) in [6, 6.07) is 8.83. The van der Waals surface area contributed by atoms with Crippen LogP contribution in [0.5, 0.6) is 0 Å². The van der Waals surface area contributed by atoms with E-state index < -0.39 is 36.4 Å². The lowest BCUT2D eigenvalue weighted by molar-refractivity contribution is -0.137. The van der Waals surface area contributed by atoms with E-state index in [1.165, 1.54) is 36.4 Å². The van der Waals surface area contributed by atoms with Crippen LogP contribution in [-0.4, -0.2) is 18.6 Å². The number of nitrogens with one attached hydrogen (secondary N) is 1. The largest absolute Gasteiger partial charge is 0.443 e. The number of carbonyl (C=O) groups excluding carboxylic acids is 1. The molecule has 0 unspecified atom stereocenters. The number of amides is 1. The highest BCUT2D eigenvalue weighted by Crippen LogP contribution is 2.35. The molecule has 1 heterocycles. The molecule has 1 amide bonds. The second-order valence-corrected chi connectivity index (χ2v) is 5.61.